The molecule has 1 N–H and O–H groups in total. The van der Waals surface area contributed by atoms with Crippen LogP contribution in [-0.2, 0) is 22.3 Å². The number of likely N-dealkylation sites (tertiary alicyclic amines) is 1. The van der Waals surface area contributed by atoms with Crippen molar-refractivity contribution in [1.29, 1.82) is 0 Å². The second-order valence-corrected chi connectivity index (χ2v) is 9.48. The minimum absolute atomic E-state index is 0.0172. The van der Waals surface area contributed by atoms with Gasteiger partial charge in [0.2, 0.25) is 0 Å². The zero-order valence-corrected chi connectivity index (χ0v) is 18.3. The van der Waals surface area contributed by atoms with Crippen molar-refractivity contribution in [2.75, 3.05) is 31.6 Å². The van der Waals surface area contributed by atoms with Crippen molar-refractivity contribution in [3.05, 3.63) is 46.1 Å². The minimum atomic E-state index is -0.231. The Hall–Kier alpha value is -2.29. The molecule has 164 valence electrons. The molecule has 2 aromatic rings. The predicted octanol–water partition coefficient (Wildman–Crippen LogP) is 3.50. The summed E-state index contributed by atoms with van der Waals surface area (Å²) in [5.74, 6) is -0.0169. The Labute approximate surface area is 185 Å². The second-order valence-electron chi connectivity index (χ2n) is 8.37. The molecule has 2 saturated heterocycles. The van der Waals surface area contributed by atoms with Crippen molar-refractivity contribution < 1.29 is 19.1 Å². The van der Waals surface area contributed by atoms with E-state index in [-0.39, 0.29) is 24.0 Å². The van der Waals surface area contributed by atoms with E-state index in [1.54, 1.807) is 35.9 Å². The first kappa shape index (κ1) is 20.6. The monoisotopic (exact) mass is 441 g/mol. The highest BCUT2D eigenvalue weighted by Crippen LogP contribution is 2.39. The summed E-state index contributed by atoms with van der Waals surface area (Å²) in [4.78, 5) is 33.7. The molecule has 2 aromatic heterocycles. The number of hydrogen-bond acceptors (Lipinski definition) is 6. The maximum absolute atomic E-state index is 13.7. The van der Waals surface area contributed by atoms with E-state index in [4.69, 9.17) is 9.47 Å². The van der Waals surface area contributed by atoms with Crippen molar-refractivity contribution in [1.82, 2.24) is 9.88 Å². The number of amides is 2. The lowest BCUT2D eigenvalue weighted by molar-refractivity contribution is -0.0969. The van der Waals surface area contributed by atoms with Crippen LogP contribution in [0.4, 0.5) is 5.00 Å². The fraction of sp³-hybridized carbons (Fsp3) is 0.522. The Balaban J connectivity index is 1.41. The summed E-state index contributed by atoms with van der Waals surface area (Å²) >= 11 is 1.55. The number of pyridine rings is 1. The molecule has 8 heteroatoms. The normalized spacial score (nSPS) is 21.7. The first-order valence-corrected chi connectivity index (χ1v) is 11.9. The molecule has 1 unspecified atom stereocenters. The SMILES string of the molecule is O=C(Nc1sc2c(c1C(=O)N1CCCC(C3OCCO3)C1)CCCC2)c1cccnc1. The van der Waals surface area contributed by atoms with Crippen LogP contribution in [0.5, 0.6) is 0 Å². The number of aromatic nitrogens is 1. The van der Waals surface area contributed by atoms with Crippen LogP contribution in [0.1, 0.15) is 56.8 Å². The Morgan fingerprint density at radius 2 is 2.00 bits per heavy atom. The van der Waals surface area contributed by atoms with Gasteiger partial charge >= 0.3 is 0 Å². The third-order valence-corrected chi connectivity index (χ3v) is 7.52. The Morgan fingerprint density at radius 1 is 1.16 bits per heavy atom. The van der Waals surface area contributed by atoms with Gasteiger partial charge in [0.1, 0.15) is 5.00 Å². The highest BCUT2D eigenvalue weighted by atomic mass is 32.1. The fourth-order valence-electron chi connectivity index (χ4n) is 4.78. The molecular weight excluding hydrogens is 414 g/mol. The van der Waals surface area contributed by atoms with Crippen LogP contribution in [0.2, 0.25) is 0 Å². The number of nitrogens with zero attached hydrogens (tertiary/aromatic N) is 2. The molecule has 5 rings (SSSR count). The van der Waals surface area contributed by atoms with Crippen LogP contribution >= 0.6 is 11.3 Å². The lowest BCUT2D eigenvalue weighted by atomic mass is 9.93. The van der Waals surface area contributed by atoms with Gasteiger partial charge in [-0.25, -0.2) is 0 Å². The summed E-state index contributed by atoms with van der Waals surface area (Å²) in [5, 5.41) is 3.68. The van der Waals surface area contributed by atoms with E-state index in [9.17, 15) is 9.59 Å². The maximum Gasteiger partial charge on any atom is 0.257 e. The lowest BCUT2D eigenvalue weighted by Gasteiger charge is -2.35. The molecule has 3 aliphatic rings. The van der Waals surface area contributed by atoms with Gasteiger partial charge in [0.05, 0.1) is 24.3 Å². The highest BCUT2D eigenvalue weighted by Gasteiger charge is 2.35. The van der Waals surface area contributed by atoms with Crippen LogP contribution < -0.4 is 5.32 Å². The number of carbonyl (C=O) groups is 2. The number of aryl methyl sites for hydroxylation is 1. The third-order valence-electron chi connectivity index (χ3n) is 6.31. The fourth-order valence-corrected chi connectivity index (χ4v) is 6.05. The van der Waals surface area contributed by atoms with Crippen LogP contribution in [0.25, 0.3) is 0 Å². The Bertz CT molecular complexity index is 955. The second kappa shape index (κ2) is 9.06. The average molecular weight is 442 g/mol. The van der Waals surface area contributed by atoms with Crippen molar-refractivity contribution in [3.8, 4) is 0 Å². The summed E-state index contributed by atoms with van der Waals surface area (Å²) < 4.78 is 11.4. The quantitative estimate of drug-likeness (QED) is 0.786. The molecule has 2 aliphatic heterocycles. The van der Waals surface area contributed by atoms with Gasteiger partial charge in [-0.15, -0.1) is 11.3 Å². The molecule has 1 atom stereocenters. The van der Waals surface area contributed by atoms with Gasteiger partial charge in [0.15, 0.2) is 6.29 Å². The summed E-state index contributed by atoms with van der Waals surface area (Å²) in [6.07, 6.45) is 8.96. The topological polar surface area (TPSA) is 80.8 Å². The van der Waals surface area contributed by atoms with E-state index < -0.39 is 0 Å². The lowest BCUT2D eigenvalue weighted by Crippen LogP contribution is -2.44. The minimum Gasteiger partial charge on any atom is -0.350 e. The molecule has 0 radical (unpaired) electrons. The molecule has 0 bridgehead atoms. The first-order valence-electron chi connectivity index (χ1n) is 11.1. The summed E-state index contributed by atoms with van der Waals surface area (Å²) in [5.41, 5.74) is 2.30. The number of carbonyl (C=O) groups excluding carboxylic acids is 2. The first-order chi connectivity index (χ1) is 15.2. The highest BCUT2D eigenvalue weighted by molar-refractivity contribution is 7.17. The molecule has 0 saturated carbocycles. The van der Waals surface area contributed by atoms with Crippen molar-refractivity contribution in [2.45, 2.75) is 44.8 Å². The molecule has 4 heterocycles. The summed E-state index contributed by atoms with van der Waals surface area (Å²) in [6.45, 7) is 2.60. The number of thiophene rings is 1. The number of hydrogen-bond donors (Lipinski definition) is 1. The third kappa shape index (κ3) is 4.24. The molecule has 2 fully saturated rings. The standard InChI is InChI=1S/C23H27N3O4S/c27-20(15-5-3-9-24-13-15)25-21-19(17-7-1-2-8-18(17)31-21)22(28)26-10-4-6-16(14-26)23-29-11-12-30-23/h3,5,9,13,16,23H,1-2,4,6-8,10-12,14H2,(H,25,27). The van der Waals surface area contributed by atoms with Gasteiger partial charge in [0.25, 0.3) is 11.8 Å². The molecule has 31 heavy (non-hydrogen) atoms. The maximum atomic E-state index is 13.7. The smallest absolute Gasteiger partial charge is 0.257 e. The van der Waals surface area contributed by atoms with E-state index in [0.29, 0.717) is 35.9 Å². The van der Waals surface area contributed by atoms with Gasteiger partial charge in [-0.1, -0.05) is 0 Å². The molecule has 2 amide bonds. The van der Waals surface area contributed by atoms with Crippen LogP contribution in [-0.4, -0.2) is 54.3 Å². The van der Waals surface area contributed by atoms with E-state index in [2.05, 4.69) is 10.3 Å². The van der Waals surface area contributed by atoms with E-state index in [0.717, 1.165) is 50.6 Å². The Kier molecular flexibility index (Phi) is 6.02. The summed E-state index contributed by atoms with van der Waals surface area (Å²) in [7, 11) is 0. The van der Waals surface area contributed by atoms with E-state index in [1.165, 1.54) is 4.88 Å². The largest absolute Gasteiger partial charge is 0.350 e. The van der Waals surface area contributed by atoms with Gasteiger partial charge in [-0.05, 0) is 56.2 Å². The number of rotatable bonds is 4. The van der Waals surface area contributed by atoms with Crippen molar-refractivity contribution >= 4 is 28.2 Å². The van der Waals surface area contributed by atoms with Crippen LogP contribution in [0, 0.1) is 5.92 Å². The molecule has 1 aliphatic carbocycles. The number of piperidine rings is 1. The number of ether oxygens (including phenoxy) is 2. The Morgan fingerprint density at radius 3 is 2.81 bits per heavy atom. The van der Waals surface area contributed by atoms with Crippen molar-refractivity contribution in [2.24, 2.45) is 5.92 Å². The van der Waals surface area contributed by atoms with Crippen LogP contribution in [0.3, 0.4) is 0 Å². The van der Waals surface area contributed by atoms with Crippen molar-refractivity contribution in [3.63, 3.8) is 0 Å². The summed E-state index contributed by atoms with van der Waals surface area (Å²) in [6, 6.07) is 3.47. The zero-order chi connectivity index (χ0) is 21.2. The number of nitrogens with one attached hydrogen (secondary N) is 1. The van der Waals surface area contributed by atoms with Gasteiger partial charge in [-0.3, -0.25) is 14.6 Å². The van der Waals surface area contributed by atoms with Crippen LogP contribution in [0.15, 0.2) is 24.5 Å². The number of anilines is 1. The van der Waals surface area contributed by atoms with Gasteiger partial charge in [-0.2, -0.15) is 0 Å². The number of fused-ring (bicyclic) bond motifs is 1. The molecular formula is C23H27N3O4S. The molecule has 0 aromatic carbocycles. The van der Waals surface area contributed by atoms with Gasteiger partial charge in [0, 0.05) is 36.3 Å². The average Bonchev–Trinajstić information content (AvgIpc) is 3.47. The molecule has 7 nitrogen and oxygen atoms in total. The van der Waals surface area contributed by atoms with E-state index >= 15 is 0 Å². The zero-order valence-electron chi connectivity index (χ0n) is 17.5. The molecule has 0 spiro atoms. The predicted molar refractivity (Wildman–Crippen MR) is 117 cm³/mol. The van der Waals surface area contributed by atoms with Gasteiger partial charge < -0.3 is 19.7 Å². The van der Waals surface area contributed by atoms with E-state index in [1.807, 2.05) is 4.90 Å².